The summed E-state index contributed by atoms with van der Waals surface area (Å²) in [5.74, 6) is -0.542. The summed E-state index contributed by atoms with van der Waals surface area (Å²) in [6, 6.07) is 18.2. The molecule has 0 spiro atoms. The van der Waals surface area contributed by atoms with Crippen LogP contribution in [0.25, 0.3) is 0 Å². The maximum atomic E-state index is 15.5. The van der Waals surface area contributed by atoms with E-state index in [1.165, 1.54) is 7.11 Å². The number of benzene rings is 3. The molecule has 0 aliphatic carbocycles. The molecule has 0 N–H and O–H groups in total. The predicted octanol–water partition coefficient (Wildman–Crippen LogP) is 6.37. The molecule has 3 aromatic rings. The second kappa shape index (κ2) is 10.7. The quantitative estimate of drug-likeness (QED) is 0.223. The maximum Gasteiger partial charge on any atom is 0.347 e. The highest BCUT2D eigenvalue weighted by Gasteiger charge is 2.30. The Hall–Kier alpha value is -3.44. The molecule has 0 aliphatic rings. The van der Waals surface area contributed by atoms with Gasteiger partial charge in [0.2, 0.25) is 0 Å². The third-order valence-electron chi connectivity index (χ3n) is 5.26. The number of carbonyl (C=O) groups is 1. The summed E-state index contributed by atoms with van der Waals surface area (Å²) < 4.78 is 32.7. The van der Waals surface area contributed by atoms with Crippen LogP contribution in [0.15, 0.2) is 73.3 Å². The van der Waals surface area contributed by atoms with Crippen molar-refractivity contribution in [3.05, 3.63) is 107 Å². The molecule has 1 atom stereocenters. The number of hydrogen-bond donors (Lipinski definition) is 0. The molecule has 3 rings (SSSR count). The Morgan fingerprint density at radius 2 is 1.72 bits per heavy atom. The fourth-order valence-corrected chi connectivity index (χ4v) is 3.56. The average molecular weight is 435 g/mol. The molecule has 5 heteroatoms. The van der Waals surface area contributed by atoms with Gasteiger partial charge in [-0.1, -0.05) is 54.6 Å². The van der Waals surface area contributed by atoms with Gasteiger partial charge in [-0.3, -0.25) is 0 Å². The van der Waals surface area contributed by atoms with Crippen molar-refractivity contribution in [2.24, 2.45) is 0 Å². The van der Waals surface area contributed by atoms with Crippen molar-refractivity contribution in [2.45, 2.75) is 33.0 Å². The molecular formula is C27H27FO4. The lowest BCUT2D eigenvalue weighted by atomic mass is 9.91. The molecule has 0 heterocycles. The number of rotatable bonds is 9. The Balaban J connectivity index is 2.15. The lowest BCUT2D eigenvalue weighted by Gasteiger charge is -2.24. The minimum Gasteiger partial charge on any atom is -0.488 e. The zero-order chi connectivity index (χ0) is 23.1. The number of methoxy groups -OCH3 is 1. The van der Waals surface area contributed by atoms with Crippen molar-refractivity contribution in [1.29, 1.82) is 0 Å². The summed E-state index contributed by atoms with van der Waals surface area (Å²) in [4.78, 5) is 13.2. The van der Waals surface area contributed by atoms with Gasteiger partial charge in [0, 0.05) is 23.8 Å². The van der Waals surface area contributed by atoms with Crippen LogP contribution < -0.4 is 9.47 Å². The predicted molar refractivity (Wildman–Crippen MR) is 123 cm³/mol. The van der Waals surface area contributed by atoms with Gasteiger partial charge in [0.05, 0.1) is 6.10 Å². The molecule has 0 saturated carbocycles. The highest BCUT2D eigenvalue weighted by Crippen LogP contribution is 2.39. The van der Waals surface area contributed by atoms with Crippen LogP contribution in [-0.2, 0) is 17.8 Å². The van der Waals surface area contributed by atoms with Gasteiger partial charge in [-0.25, -0.2) is 9.18 Å². The van der Waals surface area contributed by atoms with E-state index in [1.807, 2.05) is 36.4 Å². The number of para-hydroxylation sites is 1. The van der Waals surface area contributed by atoms with Crippen LogP contribution in [0.1, 0.15) is 45.6 Å². The molecule has 32 heavy (non-hydrogen) atoms. The van der Waals surface area contributed by atoms with E-state index in [1.54, 1.807) is 44.2 Å². The van der Waals surface area contributed by atoms with Crippen molar-refractivity contribution >= 4 is 5.97 Å². The zero-order valence-corrected chi connectivity index (χ0v) is 18.6. The van der Waals surface area contributed by atoms with E-state index in [-0.39, 0.29) is 23.5 Å². The standard InChI is InChI=1S/C27H27FO4/c1-5-12-22-24(19(3)30-4)25(28)18(2)23(27(29)32-21-15-10-7-11-16-21)26(22)31-17-20-13-8-6-9-14-20/h5-11,13-16,19H,1,12,17H2,2-4H3. The first-order chi connectivity index (χ1) is 15.5. The summed E-state index contributed by atoms with van der Waals surface area (Å²) in [6.45, 7) is 7.32. The summed E-state index contributed by atoms with van der Waals surface area (Å²) >= 11 is 0. The van der Waals surface area contributed by atoms with E-state index in [0.717, 1.165) is 5.56 Å². The van der Waals surface area contributed by atoms with Gasteiger partial charge < -0.3 is 14.2 Å². The highest BCUT2D eigenvalue weighted by atomic mass is 19.1. The van der Waals surface area contributed by atoms with Gasteiger partial charge in [-0.15, -0.1) is 6.58 Å². The molecule has 0 fully saturated rings. The third kappa shape index (κ3) is 5.06. The van der Waals surface area contributed by atoms with Crippen LogP contribution in [0, 0.1) is 12.7 Å². The maximum absolute atomic E-state index is 15.5. The Bertz CT molecular complexity index is 1080. The van der Waals surface area contributed by atoms with E-state index < -0.39 is 17.9 Å². The van der Waals surface area contributed by atoms with Crippen LogP contribution >= 0.6 is 0 Å². The van der Waals surface area contributed by atoms with Gasteiger partial charge in [-0.05, 0) is 38.0 Å². The summed E-state index contributed by atoms with van der Waals surface area (Å²) in [5.41, 5.74) is 2.01. The third-order valence-corrected chi connectivity index (χ3v) is 5.26. The number of allylic oxidation sites excluding steroid dienone is 1. The van der Waals surface area contributed by atoms with E-state index in [9.17, 15) is 4.79 Å². The molecule has 0 aromatic heterocycles. The Kier molecular flexibility index (Phi) is 7.79. The van der Waals surface area contributed by atoms with E-state index in [2.05, 4.69) is 6.58 Å². The number of ether oxygens (including phenoxy) is 3. The SMILES string of the molecule is C=CCc1c(OCc2ccccc2)c(C(=O)Oc2ccccc2)c(C)c(F)c1C(C)OC. The zero-order valence-electron chi connectivity index (χ0n) is 18.6. The van der Waals surface area contributed by atoms with Gasteiger partial charge in [0.25, 0.3) is 0 Å². The summed E-state index contributed by atoms with van der Waals surface area (Å²) in [6.07, 6.45) is 1.41. The van der Waals surface area contributed by atoms with Crippen LogP contribution in [0.3, 0.4) is 0 Å². The van der Waals surface area contributed by atoms with Gasteiger partial charge in [-0.2, -0.15) is 0 Å². The lowest BCUT2D eigenvalue weighted by Crippen LogP contribution is -2.18. The number of hydrogen-bond acceptors (Lipinski definition) is 4. The fraction of sp³-hybridized carbons (Fsp3) is 0.222. The van der Waals surface area contributed by atoms with Crippen LogP contribution in [0.5, 0.6) is 11.5 Å². The lowest BCUT2D eigenvalue weighted by molar-refractivity contribution is 0.0726. The molecular weight excluding hydrogens is 407 g/mol. The second-order valence-corrected chi connectivity index (χ2v) is 7.38. The molecule has 166 valence electrons. The normalized spacial score (nSPS) is 11.6. The fourth-order valence-electron chi connectivity index (χ4n) is 3.56. The minimum absolute atomic E-state index is 0.0613. The van der Waals surface area contributed by atoms with Gasteiger partial charge >= 0.3 is 5.97 Å². The largest absolute Gasteiger partial charge is 0.488 e. The first-order valence-corrected chi connectivity index (χ1v) is 10.4. The smallest absolute Gasteiger partial charge is 0.347 e. The van der Waals surface area contributed by atoms with Crippen LogP contribution in [-0.4, -0.2) is 13.1 Å². The molecule has 0 amide bonds. The molecule has 0 radical (unpaired) electrons. The van der Waals surface area contributed by atoms with Crippen LogP contribution in [0.4, 0.5) is 4.39 Å². The molecule has 4 nitrogen and oxygen atoms in total. The molecule has 0 bridgehead atoms. The van der Waals surface area contributed by atoms with E-state index in [4.69, 9.17) is 14.2 Å². The highest BCUT2D eigenvalue weighted by molar-refractivity contribution is 5.96. The van der Waals surface area contributed by atoms with Crippen LogP contribution in [0.2, 0.25) is 0 Å². The first kappa shape index (κ1) is 23.2. The Morgan fingerprint density at radius 1 is 1.09 bits per heavy atom. The molecule has 1 unspecified atom stereocenters. The number of esters is 1. The van der Waals surface area contributed by atoms with E-state index >= 15 is 4.39 Å². The number of halogens is 1. The number of carbonyl (C=O) groups excluding carboxylic acids is 1. The van der Waals surface area contributed by atoms with Crippen molar-refractivity contribution < 1.29 is 23.4 Å². The summed E-state index contributed by atoms with van der Waals surface area (Å²) in [5, 5.41) is 0. The monoisotopic (exact) mass is 434 g/mol. The van der Waals surface area contributed by atoms with Gasteiger partial charge in [0.1, 0.15) is 29.5 Å². The van der Waals surface area contributed by atoms with E-state index in [0.29, 0.717) is 23.3 Å². The van der Waals surface area contributed by atoms with Crippen molar-refractivity contribution in [3.63, 3.8) is 0 Å². The van der Waals surface area contributed by atoms with Gasteiger partial charge in [0.15, 0.2) is 0 Å². The van der Waals surface area contributed by atoms with Crippen molar-refractivity contribution in [1.82, 2.24) is 0 Å². The van der Waals surface area contributed by atoms with Crippen molar-refractivity contribution in [2.75, 3.05) is 7.11 Å². The first-order valence-electron chi connectivity index (χ1n) is 10.4. The summed E-state index contributed by atoms with van der Waals surface area (Å²) in [7, 11) is 1.51. The second-order valence-electron chi connectivity index (χ2n) is 7.38. The topological polar surface area (TPSA) is 44.8 Å². The molecule has 3 aromatic carbocycles. The molecule has 0 saturated heterocycles. The molecule has 0 aliphatic heterocycles. The Labute approximate surface area is 188 Å². The average Bonchev–Trinajstić information content (AvgIpc) is 2.81. The Morgan fingerprint density at radius 3 is 2.31 bits per heavy atom. The van der Waals surface area contributed by atoms with Crippen molar-refractivity contribution in [3.8, 4) is 11.5 Å². The minimum atomic E-state index is -0.683.